The van der Waals surface area contributed by atoms with Crippen LogP contribution in [0.1, 0.15) is 28.4 Å². The van der Waals surface area contributed by atoms with Gasteiger partial charge in [-0.3, -0.25) is 9.69 Å². The lowest BCUT2D eigenvalue weighted by atomic mass is 9.90. The molecule has 0 N–H and O–H groups in total. The number of para-hydroxylation sites is 2. The number of nitrogens with zero attached hydrogens (tertiary/aromatic N) is 1. The number of hydrogen-bond acceptors (Lipinski definition) is 3. The number of hydrogen-bond donors (Lipinski definition) is 0. The van der Waals surface area contributed by atoms with Crippen LogP contribution in [0, 0.1) is 0 Å². The predicted octanol–water partition coefficient (Wildman–Crippen LogP) is 5.02. The smallest absolute Gasteiger partial charge is 0.410 e. The zero-order valence-corrected chi connectivity index (χ0v) is 14.0. The molecule has 0 bridgehead atoms. The molecule has 0 fully saturated rings. The number of ketones is 1. The standard InChI is InChI=1S/C22H17NO3/c24-21-15-20(16-9-3-1-4-10-16)23(19-14-8-7-13-18(19)21)22(25)26-17-11-5-2-6-12-17/h1-14,20H,15H2. The molecule has 1 amide bonds. The number of Topliss-reactive ketones (excluding diaryl/α,β-unsaturated/α-hetero) is 1. The van der Waals surface area contributed by atoms with Crippen LogP contribution >= 0.6 is 0 Å². The number of amides is 1. The SMILES string of the molecule is O=C1CC(c2ccccc2)N(C(=O)Oc2ccccc2)c2ccccc21. The van der Waals surface area contributed by atoms with E-state index in [2.05, 4.69) is 0 Å². The molecule has 1 unspecified atom stereocenters. The van der Waals surface area contributed by atoms with Crippen LogP contribution in [0.4, 0.5) is 10.5 Å². The Hall–Kier alpha value is -3.40. The summed E-state index contributed by atoms with van der Waals surface area (Å²) in [5.41, 5.74) is 2.03. The van der Waals surface area contributed by atoms with E-state index in [0.29, 0.717) is 17.0 Å². The first-order valence-electron chi connectivity index (χ1n) is 8.47. The van der Waals surface area contributed by atoms with E-state index in [4.69, 9.17) is 4.74 Å². The molecule has 4 nitrogen and oxygen atoms in total. The summed E-state index contributed by atoms with van der Waals surface area (Å²) in [6.45, 7) is 0. The molecule has 3 aromatic carbocycles. The summed E-state index contributed by atoms with van der Waals surface area (Å²) < 4.78 is 5.57. The van der Waals surface area contributed by atoms with E-state index in [9.17, 15) is 9.59 Å². The highest BCUT2D eigenvalue weighted by molar-refractivity contribution is 6.08. The highest BCUT2D eigenvalue weighted by Gasteiger charge is 2.37. The summed E-state index contributed by atoms with van der Waals surface area (Å²) in [6, 6.07) is 25.3. The average Bonchev–Trinajstić information content (AvgIpc) is 2.69. The summed E-state index contributed by atoms with van der Waals surface area (Å²) >= 11 is 0. The number of carbonyl (C=O) groups is 2. The third kappa shape index (κ3) is 2.97. The molecule has 26 heavy (non-hydrogen) atoms. The van der Waals surface area contributed by atoms with Crippen molar-refractivity contribution in [3.63, 3.8) is 0 Å². The Morgan fingerprint density at radius 1 is 0.846 bits per heavy atom. The quantitative estimate of drug-likeness (QED) is 0.656. The molecule has 0 saturated carbocycles. The molecule has 4 heteroatoms. The second-order valence-corrected chi connectivity index (χ2v) is 6.12. The number of ether oxygens (including phenoxy) is 1. The van der Waals surface area contributed by atoms with Crippen LogP contribution in [0.15, 0.2) is 84.9 Å². The van der Waals surface area contributed by atoms with Crippen molar-refractivity contribution in [1.29, 1.82) is 0 Å². The zero-order chi connectivity index (χ0) is 17.9. The lowest BCUT2D eigenvalue weighted by Gasteiger charge is -2.35. The van der Waals surface area contributed by atoms with Gasteiger partial charge < -0.3 is 4.74 Å². The number of rotatable bonds is 2. The fourth-order valence-corrected chi connectivity index (χ4v) is 3.27. The van der Waals surface area contributed by atoms with Crippen molar-refractivity contribution in [2.24, 2.45) is 0 Å². The first-order chi connectivity index (χ1) is 12.7. The Balaban J connectivity index is 1.77. The average molecular weight is 343 g/mol. The highest BCUT2D eigenvalue weighted by Crippen LogP contribution is 2.39. The van der Waals surface area contributed by atoms with Gasteiger partial charge in [-0.05, 0) is 29.8 Å². The molecule has 0 aliphatic carbocycles. The van der Waals surface area contributed by atoms with Crippen molar-refractivity contribution in [1.82, 2.24) is 0 Å². The monoisotopic (exact) mass is 343 g/mol. The Morgan fingerprint density at radius 2 is 1.46 bits per heavy atom. The maximum Gasteiger partial charge on any atom is 0.420 e. The molecule has 1 aliphatic heterocycles. The Kier molecular flexibility index (Phi) is 4.23. The van der Waals surface area contributed by atoms with Crippen molar-refractivity contribution in [3.05, 3.63) is 96.1 Å². The Morgan fingerprint density at radius 3 is 2.19 bits per heavy atom. The minimum Gasteiger partial charge on any atom is -0.410 e. The molecule has 1 aliphatic rings. The second kappa shape index (κ2) is 6.84. The fourth-order valence-electron chi connectivity index (χ4n) is 3.27. The Bertz CT molecular complexity index is 938. The van der Waals surface area contributed by atoms with Gasteiger partial charge in [-0.1, -0.05) is 60.7 Å². The number of anilines is 1. The summed E-state index contributed by atoms with van der Waals surface area (Å²) in [6.07, 6.45) is -0.268. The van der Waals surface area contributed by atoms with Gasteiger partial charge in [0.25, 0.3) is 0 Å². The van der Waals surface area contributed by atoms with Crippen LogP contribution in [-0.4, -0.2) is 11.9 Å². The van der Waals surface area contributed by atoms with Crippen LogP contribution in [0.25, 0.3) is 0 Å². The molecule has 3 aromatic rings. The molecule has 4 rings (SSSR count). The topological polar surface area (TPSA) is 46.6 Å². The summed E-state index contributed by atoms with van der Waals surface area (Å²) in [4.78, 5) is 27.2. The molecule has 0 spiro atoms. The lowest BCUT2D eigenvalue weighted by Crippen LogP contribution is -2.41. The van der Waals surface area contributed by atoms with E-state index < -0.39 is 12.1 Å². The first-order valence-corrected chi connectivity index (χ1v) is 8.47. The Labute approximate surface area is 151 Å². The van der Waals surface area contributed by atoms with Crippen molar-refractivity contribution in [2.45, 2.75) is 12.5 Å². The summed E-state index contributed by atoms with van der Waals surface area (Å²) in [7, 11) is 0. The lowest BCUT2D eigenvalue weighted by molar-refractivity contribution is 0.0966. The van der Waals surface area contributed by atoms with Gasteiger partial charge >= 0.3 is 6.09 Å². The third-order valence-electron chi connectivity index (χ3n) is 4.48. The van der Waals surface area contributed by atoms with E-state index >= 15 is 0 Å². The number of fused-ring (bicyclic) bond motifs is 1. The van der Waals surface area contributed by atoms with Crippen molar-refractivity contribution in [3.8, 4) is 5.75 Å². The molecule has 0 radical (unpaired) electrons. The van der Waals surface area contributed by atoms with Gasteiger partial charge in [0.2, 0.25) is 0 Å². The largest absolute Gasteiger partial charge is 0.420 e. The molecule has 1 atom stereocenters. The zero-order valence-electron chi connectivity index (χ0n) is 14.0. The van der Waals surface area contributed by atoms with Gasteiger partial charge in [-0.15, -0.1) is 0 Å². The van der Waals surface area contributed by atoms with E-state index in [1.165, 1.54) is 0 Å². The van der Waals surface area contributed by atoms with Crippen LogP contribution in [0.2, 0.25) is 0 Å². The molecule has 1 heterocycles. The van der Waals surface area contributed by atoms with Gasteiger partial charge in [0.05, 0.1) is 11.7 Å². The summed E-state index contributed by atoms with van der Waals surface area (Å²) in [5.74, 6) is 0.497. The number of benzene rings is 3. The van der Waals surface area contributed by atoms with Crippen LogP contribution in [0.3, 0.4) is 0 Å². The van der Waals surface area contributed by atoms with Gasteiger partial charge in [-0.25, -0.2) is 4.79 Å². The van der Waals surface area contributed by atoms with Gasteiger partial charge in [0, 0.05) is 12.0 Å². The maximum atomic E-state index is 13.0. The number of carbonyl (C=O) groups excluding carboxylic acids is 2. The maximum absolute atomic E-state index is 13.0. The molecule has 128 valence electrons. The predicted molar refractivity (Wildman–Crippen MR) is 99.5 cm³/mol. The first kappa shape index (κ1) is 16.1. The van der Waals surface area contributed by atoms with E-state index in [0.717, 1.165) is 5.56 Å². The van der Waals surface area contributed by atoms with Gasteiger partial charge in [0.1, 0.15) is 5.75 Å². The van der Waals surface area contributed by atoms with E-state index in [-0.39, 0.29) is 12.2 Å². The minimum atomic E-state index is -0.495. The van der Waals surface area contributed by atoms with Crippen LogP contribution in [0.5, 0.6) is 5.75 Å². The normalized spacial score (nSPS) is 16.1. The van der Waals surface area contributed by atoms with Gasteiger partial charge in [-0.2, -0.15) is 0 Å². The third-order valence-corrected chi connectivity index (χ3v) is 4.48. The van der Waals surface area contributed by atoms with Gasteiger partial charge in [0.15, 0.2) is 5.78 Å². The van der Waals surface area contributed by atoms with Crippen LogP contribution in [-0.2, 0) is 0 Å². The van der Waals surface area contributed by atoms with Crippen molar-refractivity contribution < 1.29 is 14.3 Å². The molecule has 0 aromatic heterocycles. The molecule has 0 saturated heterocycles. The molecular weight excluding hydrogens is 326 g/mol. The van der Waals surface area contributed by atoms with E-state index in [1.807, 2.05) is 54.6 Å². The summed E-state index contributed by atoms with van der Waals surface area (Å²) in [5, 5.41) is 0. The second-order valence-electron chi connectivity index (χ2n) is 6.12. The fraction of sp³-hybridized carbons (Fsp3) is 0.0909. The minimum absolute atomic E-state index is 0.0261. The van der Waals surface area contributed by atoms with E-state index in [1.54, 1.807) is 35.2 Å². The van der Waals surface area contributed by atoms with Crippen LogP contribution < -0.4 is 9.64 Å². The highest BCUT2D eigenvalue weighted by atomic mass is 16.6. The van der Waals surface area contributed by atoms with Crippen molar-refractivity contribution >= 4 is 17.6 Å². The van der Waals surface area contributed by atoms with Crippen molar-refractivity contribution in [2.75, 3.05) is 4.90 Å². The molecular formula is C22H17NO3.